The van der Waals surface area contributed by atoms with Gasteiger partial charge in [-0.05, 0) is 84.8 Å². The number of allylic oxidation sites excluding steroid dienone is 4. The normalized spacial score (nSPS) is 14.5. The Labute approximate surface area is 227 Å². The minimum Gasteiger partial charge on any atom is -0.0898 e. The van der Waals surface area contributed by atoms with E-state index in [9.17, 15) is 0 Å². The molecule has 1 aliphatic heterocycles. The molecule has 1 heterocycles. The fraction of sp³-hybridized carbons (Fsp3) is 0.0270. The number of hydrogen-bond donors (Lipinski definition) is 0. The number of rotatable bonds is 2. The summed E-state index contributed by atoms with van der Waals surface area (Å²) in [5, 5.41) is 7.81. The molecule has 0 spiro atoms. The van der Waals surface area contributed by atoms with Crippen LogP contribution in [0.4, 0.5) is 0 Å². The summed E-state index contributed by atoms with van der Waals surface area (Å²) >= 11 is 1.77. The Balaban J connectivity index is 1.35. The lowest BCUT2D eigenvalue weighted by atomic mass is 9.91. The van der Waals surface area contributed by atoms with Gasteiger partial charge in [0.15, 0.2) is 0 Å². The lowest BCUT2D eigenvalue weighted by Gasteiger charge is -2.14. The van der Waals surface area contributed by atoms with Crippen LogP contribution in [0.15, 0.2) is 150 Å². The van der Waals surface area contributed by atoms with Crippen molar-refractivity contribution >= 4 is 49.7 Å². The van der Waals surface area contributed by atoms with E-state index in [0.29, 0.717) is 0 Å². The predicted molar refractivity (Wildman–Crippen MR) is 167 cm³/mol. The van der Waals surface area contributed by atoms with E-state index in [0.717, 1.165) is 11.3 Å². The average molecular weight is 503 g/mol. The fourth-order valence-corrected chi connectivity index (χ4v) is 6.61. The lowest BCUT2D eigenvalue weighted by Crippen LogP contribution is -1.89. The first-order valence-electron chi connectivity index (χ1n) is 13.0. The third kappa shape index (κ3) is 3.97. The van der Waals surface area contributed by atoms with Crippen molar-refractivity contribution in [3.8, 4) is 11.1 Å². The summed E-state index contributed by atoms with van der Waals surface area (Å²) in [6, 6.07) is 41.9. The van der Waals surface area contributed by atoms with Gasteiger partial charge in [-0.25, -0.2) is 0 Å². The summed E-state index contributed by atoms with van der Waals surface area (Å²) in [5.74, 6) is 0. The molecule has 0 aliphatic carbocycles. The van der Waals surface area contributed by atoms with E-state index in [1.54, 1.807) is 11.8 Å². The number of thioether (sulfide) groups is 1. The first-order chi connectivity index (χ1) is 18.8. The molecule has 0 amide bonds. The van der Waals surface area contributed by atoms with E-state index in [1.807, 2.05) is 0 Å². The second kappa shape index (κ2) is 9.52. The minimum atomic E-state index is 0.931. The molecule has 38 heavy (non-hydrogen) atoms. The van der Waals surface area contributed by atoms with Gasteiger partial charge < -0.3 is 0 Å². The van der Waals surface area contributed by atoms with Gasteiger partial charge in [-0.3, -0.25) is 0 Å². The number of hydrogen-bond acceptors (Lipinski definition) is 1. The SMILES string of the molecule is C=C1Sc2ccccc2C/C=C\C=C1c1cccc(-c2ccc3c4ccccc4c4ccccc4c3c2)c1. The van der Waals surface area contributed by atoms with Crippen LogP contribution in [0.3, 0.4) is 0 Å². The minimum absolute atomic E-state index is 0.931. The maximum absolute atomic E-state index is 4.48. The smallest absolute Gasteiger partial charge is 0.0157 e. The van der Waals surface area contributed by atoms with E-state index in [1.165, 1.54) is 65.0 Å². The van der Waals surface area contributed by atoms with Gasteiger partial charge in [-0.2, -0.15) is 0 Å². The molecule has 1 aliphatic rings. The molecule has 0 bridgehead atoms. The molecule has 0 N–H and O–H groups in total. The Morgan fingerprint density at radius 1 is 0.526 bits per heavy atom. The number of benzene rings is 6. The molecule has 180 valence electrons. The Bertz CT molecular complexity index is 1900. The summed E-state index contributed by atoms with van der Waals surface area (Å²) < 4.78 is 0. The third-order valence-electron chi connectivity index (χ3n) is 7.49. The summed E-state index contributed by atoms with van der Waals surface area (Å²) in [5.41, 5.74) is 6.14. The molecule has 7 rings (SSSR count). The van der Waals surface area contributed by atoms with Crippen molar-refractivity contribution in [1.29, 1.82) is 0 Å². The van der Waals surface area contributed by atoms with E-state index < -0.39 is 0 Å². The molecule has 0 radical (unpaired) electrons. The molecule has 0 atom stereocenters. The summed E-state index contributed by atoms with van der Waals surface area (Å²) in [7, 11) is 0. The maximum Gasteiger partial charge on any atom is 0.0157 e. The van der Waals surface area contributed by atoms with Crippen LogP contribution >= 0.6 is 11.8 Å². The van der Waals surface area contributed by atoms with Gasteiger partial charge in [0.1, 0.15) is 0 Å². The fourth-order valence-electron chi connectivity index (χ4n) is 5.62. The van der Waals surface area contributed by atoms with Crippen molar-refractivity contribution < 1.29 is 0 Å². The second-order valence-corrected chi connectivity index (χ2v) is 10.9. The van der Waals surface area contributed by atoms with Crippen LogP contribution in [0.2, 0.25) is 0 Å². The van der Waals surface area contributed by atoms with E-state index in [4.69, 9.17) is 0 Å². The third-order valence-corrected chi connectivity index (χ3v) is 8.58. The van der Waals surface area contributed by atoms with Gasteiger partial charge in [0, 0.05) is 9.80 Å². The maximum atomic E-state index is 4.48. The lowest BCUT2D eigenvalue weighted by molar-refractivity contribution is 1.18. The molecule has 1 heteroatoms. The highest BCUT2D eigenvalue weighted by molar-refractivity contribution is 8.03. The second-order valence-electron chi connectivity index (χ2n) is 9.78. The Morgan fingerprint density at radius 2 is 1.13 bits per heavy atom. The first kappa shape index (κ1) is 22.8. The van der Waals surface area contributed by atoms with E-state index in [-0.39, 0.29) is 0 Å². The summed E-state index contributed by atoms with van der Waals surface area (Å²) in [6.07, 6.45) is 7.55. The van der Waals surface area contributed by atoms with Crippen molar-refractivity contribution in [3.63, 3.8) is 0 Å². The monoisotopic (exact) mass is 502 g/mol. The molecule has 0 nitrogen and oxygen atoms in total. The summed E-state index contributed by atoms with van der Waals surface area (Å²) in [4.78, 5) is 2.34. The zero-order valence-electron chi connectivity index (χ0n) is 21.0. The number of fused-ring (bicyclic) bond motifs is 7. The van der Waals surface area contributed by atoms with Crippen molar-refractivity contribution in [1.82, 2.24) is 0 Å². The van der Waals surface area contributed by atoms with Crippen molar-refractivity contribution in [2.24, 2.45) is 0 Å². The van der Waals surface area contributed by atoms with Crippen molar-refractivity contribution in [2.75, 3.05) is 0 Å². The average Bonchev–Trinajstić information content (AvgIpc) is 3.05. The molecule has 0 fully saturated rings. The Hall–Kier alpha value is -4.33. The van der Waals surface area contributed by atoms with Crippen molar-refractivity contribution in [2.45, 2.75) is 11.3 Å². The molecule has 6 aromatic carbocycles. The first-order valence-corrected chi connectivity index (χ1v) is 13.8. The van der Waals surface area contributed by atoms with Crippen LogP contribution < -0.4 is 0 Å². The van der Waals surface area contributed by atoms with Crippen LogP contribution in [0.25, 0.3) is 49.0 Å². The zero-order valence-corrected chi connectivity index (χ0v) is 21.8. The van der Waals surface area contributed by atoms with Crippen LogP contribution in [0.5, 0.6) is 0 Å². The Kier molecular flexibility index (Phi) is 5.72. The molecular formula is C37H26S. The van der Waals surface area contributed by atoms with E-state index in [2.05, 4.69) is 140 Å². The van der Waals surface area contributed by atoms with Gasteiger partial charge in [-0.15, -0.1) is 0 Å². The van der Waals surface area contributed by atoms with Gasteiger partial charge in [0.05, 0.1) is 0 Å². The molecular weight excluding hydrogens is 476 g/mol. The molecule has 0 aromatic heterocycles. The highest BCUT2D eigenvalue weighted by atomic mass is 32.2. The van der Waals surface area contributed by atoms with Crippen LogP contribution in [-0.2, 0) is 6.42 Å². The largest absolute Gasteiger partial charge is 0.0898 e. The standard InChI is InChI=1S/C37H26S/c1-25-30(15-4-2-11-26-12-3-9-20-37(26)38-25)29-14-10-13-27(23-29)28-21-22-35-33-18-6-5-16-31(33)32-17-7-8-19-34(32)36(35)24-28/h2-10,12-24H,1,11H2/b4-2-,30-15?. The Morgan fingerprint density at radius 3 is 1.89 bits per heavy atom. The molecule has 6 aromatic rings. The quantitative estimate of drug-likeness (QED) is 0.212. The van der Waals surface area contributed by atoms with E-state index >= 15 is 0 Å². The predicted octanol–water partition coefficient (Wildman–Crippen LogP) is 10.6. The molecule has 0 unspecified atom stereocenters. The van der Waals surface area contributed by atoms with Gasteiger partial charge in [0.25, 0.3) is 0 Å². The highest BCUT2D eigenvalue weighted by Crippen LogP contribution is 2.40. The van der Waals surface area contributed by atoms with Gasteiger partial charge in [0.2, 0.25) is 0 Å². The van der Waals surface area contributed by atoms with Crippen LogP contribution in [0, 0.1) is 0 Å². The highest BCUT2D eigenvalue weighted by Gasteiger charge is 2.13. The zero-order chi connectivity index (χ0) is 25.5. The van der Waals surface area contributed by atoms with Gasteiger partial charge >= 0.3 is 0 Å². The van der Waals surface area contributed by atoms with Crippen LogP contribution in [0.1, 0.15) is 11.1 Å². The van der Waals surface area contributed by atoms with Crippen molar-refractivity contribution in [3.05, 3.63) is 156 Å². The topological polar surface area (TPSA) is 0 Å². The molecule has 0 saturated heterocycles. The molecule has 0 saturated carbocycles. The summed E-state index contributed by atoms with van der Waals surface area (Å²) in [6.45, 7) is 4.48. The van der Waals surface area contributed by atoms with Crippen LogP contribution in [-0.4, -0.2) is 0 Å². The van der Waals surface area contributed by atoms with Gasteiger partial charge in [-0.1, -0.05) is 134 Å².